The number of nitrogens with zero attached hydrogens (tertiary/aromatic N) is 14. The number of H-pyrrole nitrogens is 6. The van der Waals surface area contributed by atoms with Crippen LogP contribution in [0, 0.1) is 90.5 Å². The minimum Gasteiger partial charge on any atom is -0.385 e. The number of aryl methyl sites for hydroxylation is 8. The smallest absolute Gasteiger partial charge is 0.274 e. The zero-order valence-corrected chi connectivity index (χ0v) is 77.8. The van der Waals surface area contributed by atoms with E-state index in [1.165, 1.54) is 24.3 Å². The van der Waals surface area contributed by atoms with Gasteiger partial charge in [0.2, 0.25) is 0 Å². The maximum absolute atomic E-state index is 14.3. The van der Waals surface area contributed by atoms with E-state index in [-0.39, 0.29) is 97.0 Å². The number of aromatic amines is 6. The molecule has 0 atom stereocenters. The van der Waals surface area contributed by atoms with E-state index in [9.17, 15) is 46.3 Å². The van der Waals surface area contributed by atoms with Crippen LogP contribution in [-0.2, 0) is 63.0 Å². The fourth-order valence-electron chi connectivity index (χ4n) is 15.2. The summed E-state index contributed by atoms with van der Waals surface area (Å²) < 4.78 is 82.1. The van der Waals surface area contributed by atoms with Crippen molar-refractivity contribution < 1.29 is 70.0 Å². The van der Waals surface area contributed by atoms with E-state index in [2.05, 4.69) is 90.2 Å². The molecule has 35 heteroatoms. The molecule has 12 aromatic rings. The molecule has 0 spiro atoms. The highest BCUT2D eigenvalue weighted by Gasteiger charge is 2.34. The normalized spacial score (nSPS) is 13.7. The van der Waals surface area contributed by atoms with Crippen molar-refractivity contribution in [2.75, 3.05) is 92.8 Å². The third-order valence-corrected chi connectivity index (χ3v) is 22.6. The van der Waals surface area contributed by atoms with Gasteiger partial charge >= 0.3 is 0 Å². The molecular formula is C99H122F4N20O11. The van der Waals surface area contributed by atoms with Crippen LogP contribution >= 0.6 is 0 Å². The van der Waals surface area contributed by atoms with Crippen LogP contribution < -0.4 is 0 Å². The molecule has 4 saturated heterocycles. The van der Waals surface area contributed by atoms with Crippen LogP contribution in [0.25, 0.3) is 0 Å². The second-order valence-electron chi connectivity index (χ2n) is 33.8. The third kappa shape index (κ3) is 30.9. The Morgan fingerprint density at radius 2 is 0.739 bits per heavy atom. The minimum absolute atomic E-state index is 0.000642. The quantitative estimate of drug-likeness (QED) is 0.0168. The summed E-state index contributed by atoms with van der Waals surface area (Å²) >= 11 is 0. The molecule has 134 heavy (non-hydrogen) atoms. The van der Waals surface area contributed by atoms with Crippen molar-refractivity contribution in [3.8, 4) is 0 Å². The number of halogens is 4. The Bertz CT molecular complexity index is 5700. The lowest BCUT2D eigenvalue weighted by Gasteiger charge is -2.34. The van der Waals surface area contributed by atoms with E-state index >= 15 is 0 Å². The molecule has 0 bridgehead atoms. The van der Waals surface area contributed by atoms with Crippen LogP contribution in [0.15, 0.2) is 170 Å². The van der Waals surface area contributed by atoms with Gasteiger partial charge in [0.05, 0.1) is 38.7 Å². The van der Waals surface area contributed by atoms with Gasteiger partial charge in [-0.15, -0.1) is 0 Å². The molecule has 11 heterocycles. The number of aromatic nitrogens is 14. The molecule has 7 aromatic heterocycles. The monoisotopic (exact) mass is 1840 g/mol. The highest BCUT2D eigenvalue weighted by Crippen LogP contribution is 2.27. The Kier molecular flexibility index (Phi) is 39.1. The fraction of sp³-hybridized carbons (Fsp3) is 0.414. The topological polar surface area (TPSA) is 366 Å². The molecule has 0 saturated carbocycles. The lowest BCUT2D eigenvalue weighted by atomic mass is 10.0. The summed E-state index contributed by atoms with van der Waals surface area (Å²) in [5.41, 5.74) is 12.3. The Hall–Kier alpha value is -13.2. The molecule has 712 valence electrons. The molecule has 16 rings (SSSR count). The number of methoxy groups -OCH3 is 1. The second-order valence-corrected chi connectivity index (χ2v) is 33.8. The summed E-state index contributed by atoms with van der Waals surface area (Å²) in [5.74, 6) is -0.664. The van der Waals surface area contributed by atoms with E-state index in [0.29, 0.717) is 173 Å². The van der Waals surface area contributed by atoms with Crippen molar-refractivity contribution in [3.05, 3.63) is 306 Å². The standard InChI is InChI=1S/C18H22FN3O2.C17H20FN3O2.C17H23N3O.C16H18FN3O2.C16H20FN3O2.C15H19N5O2/c1-12-3-4-14(16(19)9-12)11-22(15-5-7-24-8-6-15)18(23)17-10-13(2)20-21-17;1-12-10-16(20-19-12)17(22)21(14-6-8-23-9-7-14)11-13-4-2-3-5-15(13)18;1-3-4-8-11-20(13-15-9-6-5-7-10-15)17(21)16-12-14(2)18-19-16;1-11-6-15(19-18-11)16(21)20(7-12-9-22-10-12)8-13-4-2-3-5-14(13)17;1-12-10-15(19-18-12)16(21)20(8-5-9-22-2)11-13-6-3-4-7-14(13)17;1-10-5-14(19-18-10)15(21)20(6-12-8-22-9-12)7-13-3-4-16-11(2)17-13/h3-4,9-10,15H,5-8,11H2,1-2H3,(H,20,21);2-5,10,14H,6-9,11H2,1H3,(H,19,20);5-7,9-10,12H,3-4,8,11,13H2,1-2H3,(H,18,19);2-6,12H,7-10H2,1H3,(H,18,19);3-4,6-7,10H,5,8-9,11H2,1-2H3,(H,18,19);3-5,12H,6-9H2,1-2H3,(H,18,19). The van der Waals surface area contributed by atoms with Gasteiger partial charge in [0.25, 0.3) is 35.4 Å². The molecular weight excluding hydrogens is 1720 g/mol. The molecule has 31 nitrogen and oxygen atoms in total. The largest absolute Gasteiger partial charge is 0.385 e. The summed E-state index contributed by atoms with van der Waals surface area (Å²) in [6.45, 7) is 27.1. The maximum atomic E-state index is 14.3. The molecule has 6 amide bonds. The van der Waals surface area contributed by atoms with Gasteiger partial charge in [-0.05, 0) is 172 Å². The number of carbonyl (C=O) groups is 6. The third-order valence-electron chi connectivity index (χ3n) is 22.6. The van der Waals surface area contributed by atoms with Crippen LogP contribution in [0.3, 0.4) is 0 Å². The number of ether oxygens (including phenoxy) is 5. The summed E-state index contributed by atoms with van der Waals surface area (Å²) in [4.78, 5) is 95.1. The van der Waals surface area contributed by atoms with Crippen LogP contribution in [0.2, 0.25) is 0 Å². The van der Waals surface area contributed by atoms with Gasteiger partial charge in [-0.3, -0.25) is 59.4 Å². The molecule has 0 unspecified atom stereocenters. The summed E-state index contributed by atoms with van der Waals surface area (Å²) in [6.07, 6.45) is 8.72. The van der Waals surface area contributed by atoms with Crippen molar-refractivity contribution in [2.45, 2.75) is 165 Å². The molecule has 0 aliphatic carbocycles. The molecule has 6 N–H and O–H groups in total. The predicted molar refractivity (Wildman–Crippen MR) is 495 cm³/mol. The average molecular weight is 1840 g/mol. The first-order valence-electron chi connectivity index (χ1n) is 45.2. The summed E-state index contributed by atoms with van der Waals surface area (Å²) in [5, 5.41) is 41.0. The Labute approximate surface area is 778 Å². The molecule has 0 radical (unpaired) electrons. The lowest BCUT2D eigenvalue weighted by Crippen LogP contribution is -2.43. The number of amides is 6. The second kappa shape index (κ2) is 51.7. The van der Waals surface area contributed by atoms with Gasteiger partial charge in [0.15, 0.2) is 0 Å². The van der Waals surface area contributed by atoms with E-state index in [1.54, 1.807) is 135 Å². The number of unbranched alkanes of at least 4 members (excludes halogenated alkanes) is 2. The Morgan fingerprint density at radius 3 is 1.10 bits per heavy atom. The molecule has 4 aliphatic heterocycles. The van der Waals surface area contributed by atoms with Crippen molar-refractivity contribution in [1.82, 2.24) is 101 Å². The minimum atomic E-state index is -0.315. The number of carbonyl (C=O) groups excluding carboxylic acids is 6. The van der Waals surface area contributed by atoms with Gasteiger partial charge in [-0.1, -0.05) is 117 Å². The number of benzene rings is 5. The first kappa shape index (κ1) is 101. The molecule has 5 aromatic carbocycles. The summed E-state index contributed by atoms with van der Waals surface area (Å²) in [7, 11) is 1.61. The Morgan fingerprint density at radius 1 is 0.381 bits per heavy atom. The maximum Gasteiger partial charge on any atom is 0.274 e. The van der Waals surface area contributed by atoms with E-state index in [1.807, 2.05) is 90.6 Å². The first-order valence-corrected chi connectivity index (χ1v) is 45.2. The van der Waals surface area contributed by atoms with Crippen molar-refractivity contribution >= 4 is 35.4 Å². The SMILES string of the molecule is CCCCCN(Cc1ccccc1)C(=O)c1cc(C)[nH]n1.COCCCN(Cc1ccccc1F)C(=O)c1cc(C)[nH]n1.Cc1cc(C(=O)N(Cc2ccccc2F)C2CCOCC2)n[nH]1.Cc1cc(C(=O)N(Cc2ccccc2F)CC2COC2)n[nH]1.Cc1ccc(CN(C(=O)c2cc(C)[nH]n2)C2CCOCC2)c(F)c1.Cc1nccc(CN(CC2COC2)C(=O)c2cc(C)[nH]n2)n1. The highest BCUT2D eigenvalue weighted by molar-refractivity contribution is 5.95. The number of rotatable bonds is 32. The van der Waals surface area contributed by atoms with Crippen LogP contribution in [0.1, 0.15) is 200 Å². The van der Waals surface area contributed by atoms with Crippen LogP contribution in [0.5, 0.6) is 0 Å². The van der Waals surface area contributed by atoms with Crippen LogP contribution in [-0.4, -0.2) is 241 Å². The van der Waals surface area contributed by atoms with E-state index < -0.39 is 0 Å². The molecule has 4 fully saturated rings. The number of hydrogen-bond donors (Lipinski definition) is 6. The zero-order valence-electron chi connectivity index (χ0n) is 77.8. The molecule has 4 aliphatic rings. The number of hydrogen-bond acceptors (Lipinski definition) is 19. The van der Waals surface area contributed by atoms with Gasteiger partial charge in [-0.2, -0.15) is 30.6 Å². The van der Waals surface area contributed by atoms with E-state index in [4.69, 9.17) is 23.7 Å². The Balaban J connectivity index is 0.000000155. The summed E-state index contributed by atoms with van der Waals surface area (Å²) in [6, 6.07) is 47.1. The highest BCUT2D eigenvalue weighted by atomic mass is 19.1. The van der Waals surface area contributed by atoms with Crippen LogP contribution in [0.4, 0.5) is 17.6 Å². The first-order chi connectivity index (χ1) is 64.8. The van der Waals surface area contributed by atoms with Crippen molar-refractivity contribution in [1.29, 1.82) is 0 Å². The predicted octanol–water partition coefficient (Wildman–Crippen LogP) is 15.0. The number of nitrogens with one attached hydrogen (secondary N) is 6. The van der Waals surface area contributed by atoms with Gasteiger partial charge in [0, 0.05) is 186 Å². The van der Waals surface area contributed by atoms with Gasteiger partial charge in [-0.25, -0.2) is 27.5 Å². The van der Waals surface area contributed by atoms with Gasteiger partial charge in [0.1, 0.15) is 63.3 Å². The fourth-order valence-corrected chi connectivity index (χ4v) is 15.2. The lowest BCUT2D eigenvalue weighted by molar-refractivity contribution is -0.0444. The van der Waals surface area contributed by atoms with Gasteiger partial charge < -0.3 is 53.1 Å². The van der Waals surface area contributed by atoms with Crippen molar-refractivity contribution in [2.24, 2.45) is 11.8 Å². The average Bonchev–Trinajstić information content (AvgIpc) is 1.43. The zero-order chi connectivity index (χ0) is 95.4. The van der Waals surface area contributed by atoms with Crippen molar-refractivity contribution in [3.63, 3.8) is 0 Å². The van der Waals surface area contributed by atoms with E-state index in [0.717, 1.165) is 102 Å².